The van der Waals surface area contributed by atoms with Gasteiger partial charge < -0.3 is 5.73 Å². The minimum absolute atomic E-state index is 0.0903. The van der Waals surface area contributed by atoms with Crippen LogP contribution in [0.3, 0.4) is 0 Å². The number of benzene rings is 1. The molecule has 0 saturated carbocycles. The van der Waals surface area contributed by atoms with E-state index in [0.29, 0.717) is 12.2 Å². The van der Waals surface area contributed by atoms with Crippen molar-refractivity contribution in [2.75, 3.05) is 0 Å². The number of hydrogen-bond donors (Lipinski definition) is 1. The fourth-order valence-electron chi connectivity index (χ4n) is 2.65. The molecule has 1 rings (SSSR count). The van der Waals surface area contributed by atoms with Crippen molar-refractivity contribution in [1.29, 1.82) is 0 Å². The van der Waals surface area contributed by atoms with Crippen LogP contribution < -0.4 is 5.73 Å². The number of carbonyl (C=O) groups is 1. The molecule has 2 N–H and O–H groups in total. The molecule has 1 aromatic rings. The molecule has 0 radical (unpaired) electrons. The Morgan fingerprint density at radius 2 is 1.57 bits per heavy atom. The first-order valence-corrected chi connectivity index (χ1v) is 8.50. The predicted molar refractivity (Wildman–Crippen MR) is 90.2 cm³/mol. The number of Topliss-reactive ketones (excluding diaryl/α,β-unsaturated/α-hetero) is 1. The first-order chi connectivity index (χ1) is 10.2. The Morgan fingerprint density at radius 1 is 1.00 bits per heavy atom. The number of hydrogen-bond acceptors (Lipinski definition) is 2. The Morgan fingerprint density at radius 3 is 2.19 bits per heavy atom. The zero-order valence-electron chi connectivity index (χ0n) is 13.7. The molecule has 2 unspecified atom stereocenters. The third kappa shape index (κ3) is 6.90. The molecule has 0 saturated heterocycles. The molecule has 0 spiro atoms. The lowest BCUT2D eigenvalue weighted by molar-refractivity contribution is -0.123. The lowest BCUT2D eigenvalue weighted by Crippen LogP contribution is -2.25. The van der Waals surface area contributed by atoms with Gasteiger partial charge in [0.05, 0.1) is 0 Å². The maximum Gasteiger partial charge on any atom is 0.137 e. The first-order valence-electron chi connectivity index (χ1n) is 8.50. The third-order valence-corrected chi connectivity index (χ3v) is 4.26. The highest BCUT2D eigenvalue weighted by atomic mass is 16.1. The fourth-order valence-corrected chi connectivity index (χ4v) is 2.65. The van der Waals surface area contributed by atoms with Crippen LogP contribution in [0.5, 0.6) is 0 Å². The summed E-state index contributed by atoms with van der Waals surface area (Å²) < 4.78 is 0. The van der Waals surface area contributed by atoms with Gasteiger partial charge in [-0.2, -0.15) is 0 Å². The Bertz CT molecular complexity index is 388. The highest BCUT2D eigenvalue weighted by Gasteiger charge is 2.21. The van der Waals surface area contributed by atoms with Gasteiger partial charge in [0.2, 0.25) is 0 Å². The van der Waals surface area contributed by atoms with Gasteiger partial charge in [0.1, 0.15) is 5.78 Å². The second-order valence-electron chi connectivity index (χ2n) is 6.06. The summed E-state index contributed by atoms with van der Waals surface area (Å²) in [6, 6.07) is 9.75. The van der Waals surface area contributed by atoms with Gasteiger partial charge in [-0.15, -0.1) is 0 Å². The summed E-state index contributed by atoms with van der Waals surface area (Å²) in [5.41, 5.74) is 7.26. The van der Waals surface area contributed by atoms with Gasteiger partial charge >= 0.3 is 0 Å². The van der Waals surface area contributed by atoms with Crippen molar-refractivity contribution in [3.05, 3.63) is 35.9 Å². The Hall–Kier alpha value is -1.15. The molecule has 0 heterocycles. The molecule has 0 bridgehead atoms. The van der Waals surface area contributed by atoms with Gasteiger partial charge in [0.15, 0.2) is 0 Å². The lowest BCUT2D eigenvalue weighted by Gasteiger charge is -2.19. The van der Waals surface area contributed by atoms with Crippen molar-refractivity contribution < 1.29 is 4.79 Å². The summed E-state index contributed by atoms with van der Waals surface area (Å²) in [4.78, 5) is 12.2. The molecule has 2 atom stereocenters. The van der Waals surface area contributed by atoms with Crippen LogP contribution in [-0.2, 0) is 4.79 Å². The summed E-state index contributed by atoms with van der Waals surface area (Å²) in [5, 5.41) is 0. The van der Waals surface area contributed by atoms with Gasteiger partial charge in [-0.3, -0.25) is 4.79 Å². The average molecular weight is 289 g/mol. The number of unbranched alkanes of at least 4 members (excludes halogenated alkanes) is 6. The molecule has 2 heteroatoms. The summed E-state index contributed by atoms with van der Waals surface area (Å²) in [5.74, 6) is 0.215. The minimum Gasteiger partial charge on any atom is -0.323 e. The van der Waals surface area contributed by atoms with Crippen LogP contribution in [0.4, 0.5) is 0 Å². The summed E-state index contributed by atoms with van der Waals surface area (Å²) in [6.45, 7) is 4.19. The van der Waals surface area contributed by atoms with Gasteiger partial charge in [-0.05, 0) is 12.0 Å². The maximum absolute atomic E-state index is 12.2. The van der Waals surface area contributed by atoms with Crippen LogP contribution >= 0.6 is 0 Å². The zero-order chi connectivity index (χ0) is 15.5. The monoisotopic (exact) mass is 289 g/mol. The Labute approximate surface area is 130 Å². The molecular formula is C19H31NO. The summed E-state index contributed by atoms with van der Waals surface area (Å²) >= 11 is 0. The Balaban J connectivity index is 2.22. The van der Waals surface area contributed by atoms with Crippen LogP contribution in [0.1, 0.15) is 76.8 Å². The van der Waals surface area contributed by atoms with Crippen LogP contribution in [0.2, 0.25) is 0 Å². The highest BCUT2D eigenvalue weighted by molar-refractivity contribution is 5.81. The number of rotatable bonds is 11. The largest absolute Gasteiger partial charge is 0.323 e. The molecule has 0 fully saturated rings. The Kier molecular flexibility index (Phi) is 9.00. The smallest absolute Gasteiger partial charge is 0.137 e. The lowest BCUT2D eigenvalue weighted by atomic mass is 9.89. The van der Waals surface area contributed by atoms with E-state index in [-0.39, 0.29) is 12.0 Å². The highest BCUT2D eigenvalue weighted by Crippen LogP contribution is 2.22. The van der Waals surface area contributed by atoms with E-state index < -0.39 is 0 Å². The predicted octanol–water partition coefficient (Wildman–Crippen LogP) is 5.03. The van der Waals surface area contributed by atoms with Crippen molar-refractivity contribution in [3.63, 3.8) is 0 Å². The van der Waals surface area contributed by atoms with Crippen LogP contribution in [0.25, 0.3) is 0 Å². The normalized spacial score (nSPS) is 13.9. The number of carbonyl (C=O) groups excluding carboxylic acids is 1. The zero-order valence-corrected chi connectivity index (χ0v) is 13.7. The standard InChI is InChI=1S/C19H31NO/c1-3-4-5-6-7-8-12-15-18(21)16(2)19(20)17-13-10-9-11-14-17/h9-11,13-14,16,19H,3-8,12,15,20H2,1-2H3. The van der Waals surface area contributed by atoms with Crippen LogP contribution in [-0.4, -0.2) is 5.78 Å². The van der Waals surface area contributed by atoms with Crippen LogP contribution in [0, 0.1) is 5.92 Å². The fraction of sp³-hybridized carbons (Fsp3) is 0.632. The van der Waals surface area contributed by atoms with Crippen molar-refractivity contribution in [2.24, 2.45) is 11.7 Å². The van der Waals surface area contributed by atoms with Crippen molar-refractivity contribution >= 4 is 5.78 Å². The first kappa shape index (κ1) is 17.9. The molecule has 1 aromatic carbocycles. The van der Waals surface area contributed by atoms with E-state index in [9.17, 15) is 4.79 Å². The maximum atomic E-state index is 12.2. The van der Waals surface area contributed by atoms with E-state index in [1.165, 1.54) is 38.5 Å². The van der Waals surface area contributed by atoms with Gasteiger partial charge in [-0.1, -0.05) is 82.7 Å². The molecule has 0 amide bonds. The molecule has 0 aliphatic heterocycles. The summed E-state index contributed by atoms with van der Waals surface area (Å²) in [7, 11) is 0. The minimum atomic E-state index is -0.178. The number of ketones is 1. The average Bonchev–Trinajstić information content (AvgIpc) is 2.53. The van der Waals surface area contributed by atoms with Crippen LogP contribution in [0.15, 0.2) is 30.3 Å². The molecule has 0 aliphatic carbocycles. The van der Waals surface area contributed by atoms with E-state index >= 15 is 0 Å². The quantitative estimate of drug-likeness (QED) is 0.580. The van der Waals surface area contributed by atoms with E-state index in [2.05, 4.69) is 6.92 Å². The summed E-state index contributed by atoms with van der Waals surface area (Å²) in [6.07, 6.45) is 9.37. The second kappa shape index (κ2) is 10.6. The molecule has 0 aliphatic rings. The van der Waals surface area contributed by atoms with Crippen molar-refractivity contribution in [3.8, 4) is 0 Å². The molecular weight excluding hydrogens is 258 g/mol. The topological polar surface area (TPSA) is 43.1 Å². The van der Waals surface area contributed by atoms with Gasteiger partial charge in [-0.25, -0.2) is 0 Å². The molecule has 0 aromatic heterocycles. The van der Waals surface area contributed by atoms with Crippen molar-refractivity contribution in [2.45, 2.75) is 71.3 Å². The number of nitrogens with two attached hydrogens (primary N) is 1. The molecule has 2 nitrogen and oxygen atoms in total. The second-order valence-corrected chi connectivity index (χ2v) is 6.06. The third-order valence-electron chi connectivity index (χ3n) is 4.26. The van der Waals surface area contributed by atoms with E-state index in [1.54, 1.807) is 0 Å². The van der Waals surface area contributed by atoms with E-state index in [4.69, 9.17) is 5.73 Å². The molecule has 21 heavy (non-hydrogen) atoms. The van der Waals surface area contributed by atoms with E-state index in [1.807, 2.05) is 37.3 Å². The van der Waals surface area contributed by atoms with Crippen molar-refractivity contribution in [1.82, 2.24) is 0 Å². The van der Waals surface area contributed by atoms with Gasteiger partial charge in [0.25, 0.3) is 0 Å². The molecule has 118 valence electrons. The van der Waals surface area contributed by atoms with Gasteiger partial charge in [0, 0.05) is 18.4 Å². The SMILES string of the molecule is CCCCCCCCCC(=O)C(C)C(N)c1ccccc1. The van der Waals surface area contributed by atoms with E-state index in [0.717, 1.165) is 12.0 Å².